The Balaban J connectivity index is 1.97. The van der Waals surface area contributed by atoms with E-state index in [1.54, 1.807) is 6.92 Å². The van der Waals surface area contributed by atoms with Gasteiger partial charge in [0.05, 0.1) is 0 Å². The molecule has 3 aliphatic rings. The molecule has 0 radical (unpaired) electrons. The number of phenols is 1. The van der Waals surface area contributed by atoms with Gasteiger partial charge in [0.1, 0.15) is 41.0 Å². The van der Waals surface area contributed by atoms with Gasteiger partial charge in [-0.25, -0.2) is 0 Å². The minimum Gasteiger partial charge on any atom is -0.507 e. The van der Waals surface area contributed by atoms with Crippen LogP contribution in [0.3, 0.4) is 0 Å². The Hall–Kier alpha value is -1.67. The average Bonchev–Trinajstić information content (AvgIpc) is 3.15. The first-order valence-electron chi connectivity index (χ1n) is 7.00. The van der Waals surface area contributed by atoms with Crippen LogP contribution in [0.1, 0.15) is 24.2 Å². The number of benzene rings is 1. The molecule has 1 saturated heterocycles. The molecule has 1 aliphatic carbocycles. The predicted octanol–water partition coefficient (Wildman–Crippen LogP) is -0.650. The molecule has 0 amide bonds. The van der Waals surface area contributed by atoms with E-state index in [9.17, 15) is 25.2 Å². The van der Waals surface area contributed by atoms with Crippen molar-refractivity contribution in [3.63, 3.8) is 0 Å². The highest BCUT2D eigenvalue weighted by Gasteiger charge is 2.82. The second kappa shape index (κ2) is 3.62. The van der Waals surface area contributed by atoms with Crippen LogP contribution in [-0.4, -0.2) is 61.3 Å². The van der Waals surface area contributed by atoms with Crippen LogP contribution in [0.15, 0.2) is 18.2 Å². The summed E-state index contributed by atoms with van der Waals surface area (Å²) in [6, 6.07) is 4.23. The van der Waals surface area contributed by atoms with Crippen LogP contribution in [0.4, 0.5) is 0 Å². The standard InChI is InChI=1S/C15H16O7/c1-13-11(22-13)10(18)15(20)9(17)8-6(16)4-3-5-7(8)21-14(15,2)12(13)19/h3-5,10-12,16,18-20H,1-2H3/t10-,11+,12-,13+,14-,15+/m0/s1. The number of rotatable bonds is 0. The fraction of sp³-hybridized carbons (Fsp3) is 0.533. The first-order valence-corrected chi connectivity index (χ1v) is 7.00. The summed E-state index contributed by atoms with van der Waals surface area (Å²) in [6.07, 6.45) is -3.79. The number of carbonyl (C=O) groups excluding carboxylic acids is 1. The number of aliphatic hydroxyl groups excluding tert-OH is 2. The molecule has 7 heteroatoms. The third kappa shape index (κ3) is 1.21. The lowest BCUT2D eigenvalue weighted by Crippen LogP contribution is -2.79. The van der Waals surface area contributed by atoms with E-state index in [-0.39, 0.29) is 17.1 Å². The molecule has 2 heterocycles. The largest absolute Gasteiger partial charge is 0.507 e. The van der Waals surface area contributed by atoms with Crippen LogP contribution < -0.4 is 4.74 Å². The van der Waals surface area contributed by atoms with Crippen LogP contribution in [-0.2, 0) is 4.74 Å². The van der Waals surface area contributed by atoms with Crippen molar-refractivity contribution >= 4 is 5.78 Å². The summed E-state index contributed by atoms with van der Waals surface area (Å²) in [4.78, 5) is 12.8. The lowest BCUT2D eigenvalue weighted by Gasteiger charge is -2.54. The molecule has 4 N–H and O–H groups in total. The average molecular weight is 308 g/mol. The number of aliphatic hydroxyl groups is 3. The van der Waals surface area contributed by atoms with E-state index in [2.05, 4.69) is 0 Å². The Morgan fingerprint density at radius 1 is 1.23 bits per heavy atom. The molecule has 1 aromatic carbocycles. The van der Waals surface area contributed by atoms with Crippen molar-refractivity contribution in [3.8, 4) is 11.5 Å². The number of ether oxygens (including phenoxy) is 2. The molecule has 0 spiro atoms. The number of aromatic hydroxyl groups is 1. The second-order valence-corrected chi connectivity index (χ2v) is 6.52. The molecule has 1 saturated carbocycles. The van der Waals surface area contributed by atoms with Crippen molar-refractivity contribution < 1.29 is 34.7 Å². The predicted molar refractivity (Wildman–Crippen MR) is 71.7 cm³/mol. The fourth-order valence-corrected chi connectivity index (χ4v) is 3.85. The molecule has 6 atom stereocenters. The van der Waals surface area contributed by atoms with Gasteiger partial charge in [-0.3, -0.25) is 4.79 Å². The zero-order chi connectivity index (χ0) is 16.1. The molecule has 7 nitrogen and oxygen atoms in total. The molecule has 0 unspecified atom stereocenters. The molecular weight excluding hydrogens is 292 g/mol. The van der Waals surface area contributed by atoms with E-state index in [1.165, 1.54) is 25.1 Å². The fourth-order valence-electron chi connectivity index (χ4n) is 3.85. The van der Waals surface area contributed by atoms with E-state index < -0.39 is 40.9 Å². The normalized spacial score (nSPS) is 48.8. The summed E-state index contributed by atoms with van der Waals surface area (Å²) < 4.78 is 11.0. The molecule has 2 aliphatic heterocycles. The van der Waals surface area contributed by atoms with E-state index in [0.29, 0.717) is 0 Å². The van der Waals surface area contributed by atoms with Crippen molar-refractivity contribution in [2.45, 2.75) is 49.0 Å². The summed E-state index contributed by atoms with van der Waals surface area (Å²) in [7, 11) is 0. The van der Waals surface area contributed by atoms with Gasteiger partial charge in [0.25, 0.3) is 0 Å². The number of carbonyl (C=O) groups is 1. The van der Waals surface area contributed by atoms with Gasteiger partial charge >= 0.3 is 0 Å². The molecule has 0 aromatic heterocycles. The number of phenolic OH excluding ortho intramolecular Hbond substituents is 1. The van der Waals surface area contributed by atoms with E-state index in [4.69, 9.17) is 9.47 Å². The van der Waals surface area contributed by atoms with Gasteiger partial charge in [-0.2, -0.15) is 0 Å². The second-order valence-electron chi connectivity index (χ2n) is 6.52. The van der Waals surface area contributed by atoms with Gasteiger partial charge in [0.15, 0.2) is 11.2 Å². The lowest BCUT2D eigenvalue weighted by atomic mass is 9.61. The Kier molecular flexibility index (Phi) is 2.30. The van der Waals surface area contributed by atoms with Gasteiger partial charge in [0, 0.05) is 0 Å². The molecule has 22 heavy (non-hydrogen) atoms. The van der Waals surface area contributed by atoms with Gasteiger partial charge in [-0.15, -0.1) is 0 Å². The first-order chi connectivity index (χ1) is 10.2. The number of hydrogen-bond acceptors (Lipinski definition) is 7. The summed E-state index contributed by atoms with van der Waals surface area (Å²) in [5, 5.41) is 41.9. The SMILES string of the molecule is C[C@@]12O[C@@H]1[C@H](O)[C@]1(O)C(=O)c3c(O)cccc3O[C@@]1(C)[C@H]2O. The van der Waals surface area contributed by atoms with Gasteiger partial charge < -0.3 is 29.9 Å². The summed E-state index contributed by atoms with van der Waals surface area (Å²) in [6.45, 7) is 2.94. The van der Waals surface area contributed by atoms with Crippen LogP contribution in [0.25, 0.3) is 0 Å². The summed E-state index contributed by atoms with van der Waals surface area (Å²) in [5.74, 6) is -1.20. The third-order valence-electron chi connectivity index (χ3n) is 5.32. The maximum atomic E-state index is 12.8. The van der Waals surface area contributed by atoms with Crippen molar-refractivity contribution in [2.75, 3.05) is 0 Å². The molecule has 2 fully saturated rings. The summed E-state index contributed by atoms with van der Waals surface area (Å²) in [5.41, 5.74) is -5.52. The highest BCUT2D eigenvalue weighted by Crippen LogP contribution is 2.59. The summed E-state index contributed by atoms with van der Waals surface area (Å²) >= 11 is 0. The van der Waals surface area contributed by atoms with E-state index in [1.807, 2.05) is 0 Å². The maximum Gasteiger partial charge on any atom is 0.208 e. The monoisotopic (exact) mass is 308 g/mol. The molecule has 4 rings (SSSR count). The molecule has 1 aromatic rings. The number of fused-ring (bicyclic) bond motifs is 3. The minimum absolute atomic E-state index is 0.0473. The third-order valence-corrected chi connectivity index (χ3v) is 5.32. The van der Waals surface area contributed by atoms with Crippen LogP contribution >= 0.6 is 0 Å². The Bertz CT molecular complexity index is 703. The topological polar surface area (TPSA) is 120 Å². The maximum absolute atomic E-state index is 12.8. The minimum atomic E-state index is -2.42. The highest BCUT2D eigenvalue weighted by molar-refractivity contribution is 6.09. The smallest absolute Gasteiger partial charge is 0.208 e. The molecular formula is C15H16O7. The zero-order valence-corrected chi connectivity index (χ0v) is 12.0. The van der Waals surface area contributed by atoms with Crippen molar-refractivity contribution in [1.82, 2.24) is 0 Å². The van der Waals surface area contributed by atoms with Crippen molar-refractivity contribution in [1.29, 1.82) is 0 Å². The number of epoxide rings is 1. The quantitative estimate of drug-likeness (QED) is 0.470. The van der Waals surface area contributed by atoms with Crippen molar-refractivity contribution in [3.05, 3.63) is 23.8 Å². The van der Waals surface area contributed by atoms with Crippen molar-refractivity contribution in [2.24, 2.45) is 0 Å². The Morgan fingerprint density at radius 2 is 1.91 bits per heavy atom. The van der Waals surface area contributed by atoms with Crippen LogP contribution in [0.2, 0.25) is 0 Å². The molecule has 0 bridgehead atoms. The Morgan fingerprint density at radius 3 is 2.59 bits per heavy atom. The van der Waals surface area contributed by atoms with E-state index in [0.717, 1.165) is 0 Å². The Labute approximate surface area is 125 Å². The van der Waals surface area contributed by atoms with Gasteiger partial charge in [0.2, 0.25) is 5.78 Å². The van der Waals surface area contributed by atoms with Gasteiger partial charge in [-0.05, 0) is 26.0 Å². The zero-order valence-electron chi connectivity index (χ0n) is 12.0. The lowest BCUT2D eigenvalue weighted by molar-refractivity contribution is -0.220. The van der Waals surface area contributed by atoms with Gasteiger partial charge in [-0.1, -0.05) is 6.07 Å². The van der Waals surface area contributed by atoms with Crippen LogP contribution in [0.5, 0.6) is 11.5 Å². The number of Topliss-reactive ketones (excluding diaryl/α,β-unsaturated/α-hetero) is 1. The van der Waals surface area contributed by atoms with Crippen LogP contribution in [0, 0.1) is 0 Å². The first kappa shape index (κ1) is 14.0. The number of ketones is 1. The van der Waals surface area contributed by atoms with E-state index >= 15 is 0 Å². The number of hydrogen-bond donors (Lipinski definition) is 4. The highest BCUT2D eigenvalue weighted by atomic mass is 16.7. The molecule has 118 valence electrons.